The zero-order valence-electron chi connectivity index (χ0n) is 11.9. The van der Waals surface area contributed by atoms with Crippen LogP contribution in [0.5, 0.6) is 0 Å². The van der Waals surface area contributed by atoms with Gasteiger partial charge in [0.05, 0.1) is 5.41 Å². The molecule has 1 saturated carbocycles. The van der Waals surface area contributed by atoms with Crippen molar-refractivity contribution < 1.29 is 9.90 Å². The molecular weight excluding hydrogens is 250 g/mol. The van der Waals surface area contributed by atoms with Gasteiger partial charge in [0.15, 0.2) is 0 Å². The number of pyridine rings is 1. The number of fused-ring (bicyclic) bond motifs is 1. The van der Waals surface area contributed by atoms with E-state index in [2.05, 4.69) is 24.9 Å². The Hall–Kier alpha value is -1.90. The molecule has 0 amide bonds. The first-order valence-corrected chi connectivity index (χ1v) is 7.16. The molecule has 1 heterocycles. The summed E-state index contributed by atoms with van der Waals surface area (Å²) in [4.78, 5) is 15.9. The number of carbonyl (C=O) groups is 1. The van der Waals surface area contributed by atoms with Crippen LogP contribution in [0.15, 0.2) is 30.6 Å². The quantitative estimate of drug-likeness (QED) is 0.920. The van der Waals surface area contributed by atoms with Gasteiger partial charge in [-0.15, -0.1) is 0 Å². The van der Waals surface area contributed by atoms with Crippen molar-refractivity contribution >= 4 is 16.7 Å². The fourth-order valence-corrected chi connectivity index (χ4v) is 3.11. The lowest BCUT2D eigenvalue weighted by Gasteiger charge is -2.38. The maximum atomic E-state index is 11.6. The van der Waals surface area contributed by atoms with Gasteiger partial charge in [-0.1, -0.05) is 32.4 Å². The van der Waals surface area contributed by atoms with Gasteiger partial charge in [-0.2, -0.15) is 0 Å². The summed E-state index contributed by atoms with van der Waals surface area (Å²) in [5.41, 5.74) is 1.47. The second-order valence-electron chi connectivity index (χ2n) is 6.06. The van der Waals surface area contributed by atoms with E-state index in [1.165, 1.54) is 10.9 Å². The topological polar surface area (TPSA) is 50.2 Å². The third kappa shape index (κ3) is 1.80. The minimum Gasteiger partial charge on any atom is -0.481 e. The van der Waals surface area contributed by atoms with Gasteiger partial charge in [0, 0.05) is 17.8 Å². The monoisotopic (exact) mass is 269 g/mol. The van der Waals surface area contributed by atoms with Crippen molar-refractivity contribution in [3.63, 3.8) is 0 Å². The molecule has 1 aliphatic carbocycles. The minimum absolute atomic E-state index is 0.411. The molecule has 0 unspecified atom stereocenters. The standard InChI is InChI=1S/C17H19NO2/c1-11(2)15-10-18-9-12-8-13(4-5-14(12)15)17(16(19)20)6-3-7-17/h4-5,8-11H,3,6-7H2,1-2H3,(H,19,20). The summed E-state index contributed by atoms with van der Waals surface area (Å²) in [6, 6.07) is 6.06. The van der Waals surface area contributed by atoms with Crippen LogP contribution >= 0.6 is 0 Å². The van der Waals surface area contributed by atoms with Crippen molar-refractivity contribution in [2.75, 3.05) is 0 Å². The van der Waals surface area contributed by atoms with Crippen molar-refractivity contribution in [2.24, 2.45) is 0 Å². The first kappa shape index (κ1) is 13.1. The molecule has 3 nitrogen and oxygen atoms in total. The molecule has 3 rings (SSSR count). The van der Waals surface area contributed by atoms with Crippen LogP contribution in [0.25, 0.3) is 10.8 Å². The smallest absolute Gasteiger partial charge is 0.314 e. The van der Waals surface area contributed by atoms with Crippen LogP contribution in [-0.4, -0.2) is 16.1 Å². The molecule has 1 aromatic heterocycles. The second kappa shape index (κ2) is 4.58. The fraction of sp³-hybridized carbons (Fsp3) is 0.412. The molecule has 1 N–H and O–H groups in total. The molecule has 1 aromatic carbocycles. The summed E-state index contributed by atoms with van der Waals surface area (Å²) in [5, 5.41) is 11.8. The summed E-state index contributed by atoms with van der Waals surface area (Å²) in [6.45, 7) is 4.30. The van der Waals surface area contributed by atoms with Crippen LogP contribution in [0.2, 0.25) is 0 Å². The molecule has 0 bridgehead atoms. The third-order valence-electron chi connectivity index (χ3n) is 4.58. The van der Waals surface area contributed by atoms with Gasteiger partial charge in [-0.3, -0.25) is 9.78 Å². The number of carboxylic acids is 1. The first-order valence-electron chi connectivity index (χ1n) is 7.16. The Morgan fingerprint density at radius 3 is 2.60 bits per heavy atom. The molecule has 2 aromatic rings. The number of rotatable bonds is 3. The summed E-state index contributed by atoms with van der Waals surface area (Å²) in [6.07, 6.45) is 6.22. The average molecular weight is 269 g/mol. The number of carboxylic acid groups (broad SMARTS) is 1. The lowest BCUT2D eigenvalue weighted by atomic mass is 9.64. The SMILES string of the molecule is CC(C)c1cncc2cc(C3(C(=O)O)CCC3)ccc12. The Morgan fingerprint density at radius 1 is 1.30 bits per heavy atom. The predicted octanol–water partition coefficient (Wildman–Crippen LogP) is 3.86. The van der Waals surface area contributed by atoms with E-state index in [0.29, 0.717) is 5.92 Å². The lowest BCUT2D eigenvalue weighted by molar-refractivity contribution is -0.147. The van der Waals surface area contributed by atoms with Crippen molar-refractivity contribution in [2.45, 2.75) is 44.4 Å². The van der Waals surface area contributed by atoms with Crippen LogP contribution in [0.4, 0.5) is 0 Å². The van der Waals surface area contributed by atoms with E-state index < -0.39 is 11.4 Å². The Bertz CT molecular complexity index is 672. The van der Waals surface area contributed by atoms with E-state index in [4.69, 9.17) is 0 Å². The molecule has 20 heavy (non-hydrogen) atoms. The summed E-state index contributed by atoms with van der Waals surface area (Å²) < 4.78 is 0. The van der Waals surface area contributed by atoms with Crippen LogP contribution in [0.1, 0.15) is 50.2 Å². The Balaban J connectivity index is 2.15. The van der Waals surface area contributed by atoms with Crippen LogP contribution in [0, 0.1) is 0 Å². The van der Waals surface area contributed by atoms with E-state index in [1.807, 2.05) is 24.5 Å². The summed E-state index contributed by atoms with van der Waals surface area (Å²) in [7, 11) is 0. The fourth-order valence-electron chi connectivity index (χ4n) is 3.11. The molecule has 0 saturated heterocycles. The van der Waals surface area contributed by atoms with Crippen molar-refractivity contribution in [1.29, 1.82) is 0 Å². The Kier molecular flexibility index (Phi) is 3.00. The number of aromatic nitrogens is 1. The summed E-state index contributed by atoms with van der Waals surface area (Å²) >= 11 is 0. The van der Waals surface area contributed by atoms with Crippen LogP contribution < -0.4 is 0 Å². The molecule has 0 atom stereocenters. The number of hydrogen-bond acceptors (Lipinski definition) is 2. The maximum absolute atomic E-state index is 11.6. The molecule has 0 radical (unpaired) electrons. The predicted molar refractivity (Wildman–Crippen MR) is 79.0 cm³/mol. The van der Waals surface area contributed by atoms with Crippen molar-refractivity contribution in [3.8, 4) is 0 Å². The van der Waals surface area contributed by atoms with Crippen molar-refractivity contribution in [1.82, 2.24) is 4.98 Å². The molecule has 0 aliphatic heterocycles. The van der Waals surface area contributed by atoms with Gasteiger partial charge in [0.1, 0.15) is 0 Å². The molecular formula is C17H19NO2. The molecule has 104 valence electrons. The first-order chi connectivity index (χ1) is 9.54. The Labute approximate surface area is 118 Å². The molecule has 1 fully saturated rings. The molecule has 0 spiro atoms. The highest BCUT2D eigenvalue weighted by Crippen LogP contribution is 2.44. The number of aliphatic carboxylic acids is 1. The second-order valence-corrected chi connectivity index (χ2v) is 6.06. The largest absolute Gasteiger partial charge is 0.481 e. The number of hydrogen-bond donors (Lipinski definition) is 1. The molecule has 1 aliphatic rings. The van der Waals surface area contributed by atoms with Crippen molar-refractivity contribution in [3.05, 3.63) is 41.7 Å². The summed E-state index contributed by atoms with van der Waals surface area (Å²) in [5.74, 6) is -0.287. The maximum Gasteiger partial charge on any atom is 0.314 e. The highest BCUT2D eigenvalue weighted by Gasteiger charge is 2.45. The van der Waals surface area contributed by atoms with Gasteiger partial charge < -0.3 is 5.11 Å². The zero-order chi connectivity index (χ0) is 14.3. The zero-order valence-corrected chi connectivity index (χ0v) is 11.9. The number of benzene rings is 1. The van der Waals surface area contributed by atoms with Gasteiger partial charge >= 0.3 is 5.97 Å². The number of nitrogens with zero attached hydrogens (tertiary/aromatic N) is 1. The van der Waals surface area contributed by atoms with E-state index in [-0.39, 0.29) is 0 Å². The third-order valence-corrected chi connectivity index (χ3v) is 4.58. The van der Waals surface area contributed by atoms with Crippen LogP contribution in [0.3, 0.4) is 0 Å². The van der Waals surface area contributed by atoms with Gasteiger partial charge in [-0.05, 0) is 41.3 Å². The minimum atomic E-state index is -0.698. The average Bonchev–Trinajstić information content (AvgIpc) is 2.35. The van der Waals surface area contributed by atoms with Crippen LogP contribution in [-0.2, 0) is 10.2 Å². The van der Waals surface area contributed by atoms with Gasteiger partial charge in [-0.25, -0.2) is 0 Å². The van der Waals surface area contributed by atoms with E-state index in [0.717, 1.165) is 30.2 Å². The van der Waals surface area contributed by atoms with Gasteiger partial charge in [0.25, 0.3) is 0 Å². The highest BCUT2D eigenvalue weighted by molar-refractivity contribution is 5.89. The normalized spacial score (nSPS) is 17.1. The van der Waals surface area contributed by atoms with Gasteiger partial charge in [0.2, 0.25) is 0 Å². The highest BCUT2D eigenvalue weighted by atomic mass is 16.4. The lowest BCUT2D eigenvalue weighted by Crippen LogP contribution is -2.42. The molecule has 3 heteroatoms. The Morgan fingerprint density at radius 2 is 2.05 bits per heavy atom. The van der Waals surface area contributed by atoms with E-state index in [1.54, 1.807) is 0 Å². The van der Waals surface area contributed by atoms with E-state index in [9.17, 15) is 9.90 Å². The van der Waals surface area contributed by atoms with E-state index >= 15 is 0 Å².